The summed E-state index contributed by atoms with van der Waals surface area (Å²) in [5.41, 5.74) is 0.180. The number of aliphatic hydroxyl groups excluding tert-OH is 2. The Morgan fingerprint density at radius 2 is 1.80 bits per heavy atom. The maximum absolute atomic E-state index is 9.43. The van der Waals surface area contributed by atoms with Crippen LogP contribution >= 0.6 is 0 Å². The Hall–Kier alpha value is -0.160. The third-order valence-corrected chi connectivity index (χ3v) is 2.84. The summed E-state index contributed by atoms with van der Waals surface area (Å²) in [7, 11) is 0. The molecule has 0 aromatic carbocycles. The van der Waals surface area contributed by atoms with E-state index in [2.05, 4.69) is 31.0 Å². The number of β-amino-alcohol motifs (C(OH)–C–C–N with tert-alkyl or cyclic N) is 2. The second kappa shape index (κ2) is 5.25. The van der Waals surface area contributed by atoms with Crippen LogP contribution in [0.3, 0.4) is 0 Å². The van der Waals surface area contributed by atoms with Gasteiger partial charge in [-0.2, -0.15) is 0 Å². The van der Waals surface area contributed by atoms with Gasteiger partial charge in [-0.25, -0.2) is 0 Å². The van der Waals surface area contributed by atoms with E-state index < -0.39 is 12.2 Å². The average Bonchev–Trinajstić information content (AvgIpc) is 2.41. The molecule has 1 aliphatic heterocycles. The Labute approximate surface area is 92.3 Å². The lowest BCUT2D eigenvalue weighted by Crippen LogP contribution is -2.40. The van der Waals surface area contributed by atoms with Crippen LogP contribution < -0.4 is 5.32 Å². The number of nitrogens with zero attached hydrogens (tertiary/aromatic N) is 1. The third kappa shape index (κ3) is 4.07. The van der Waals surface area contributed by atoms with E-state index in [1.54, 1.807) is 0 Å². The highest BCUT2D eigenvalue weighted by Gasteiger charge is 2.32. The highest BCUT2D eigenvalue weighted by molar-refractivity contribution is 4.86. The molecule has 0 aliphatic carbocycles. The summed E-state index contributed by atoms with van der Waals surface area (Å²) in [4.78, 5) is 2.13. The van der Waals surface area contributed by atoms with E-state index in [0.29, 0.717) is 13.1 Å². The van der Waals surface area contributed by atoms with Crippen molar-refractivity contribution >= 4 is 0 Å². The van der Waals surface area contributed by atoms with Gasteiger partial charge in [-0.05, 0) is 12.0 Å². The van der Waals surface area contributed by atoms with Gasteiger partial charge < -0.3 is 15.5 Å². The van der Waals surface area contributed by atoms with Crippen molar-refractivity contribution in [1.29, 1.82) is 0 Å². The molecule has 1 saturated heterocycles. The van der Waals surface area contributed by atoms with Crippen LogP contribution in [0.2, 0.25) is 0 Å². The zero-order valence-electron chi connectivity index (χ0n) is 10.0. The van der Waals surface area contributed by atoms with Gasteiger partial charge in [-0.15, -0.1) is 0 Å². The quantitative estimate of drug-likeness (QED) is 0.588. The van der Waals surface area contributed by atoms with Gasteiger partial charge in [0.15, 0.2) is 0 Å². The lowest BCUT2D eigenvalue weighted by Gasteiger charge is -2.30. The number of rotatable bonds is 5. The van der Waals surface area contributed by atoms with Crippen molar-refractivity contribution in [2.24, 2.45) is 5.41 Å². The van der Waals surface area contributed by atoms with Crippen molar-refractivity contribution in [3.8, 4) is 0 Å². The summed E-state index contributed by atoms with van der Waals surface area (Å²) < 4.78 is 0. The number of nitrogens with one attached hydrogen (secondary N) is 1. The Morgan fingerprint density at radius 1 is 1.27 bits per heavy atom. The van der Waals surface area contributed by atoms with Crippen LogP contribution in [0.4, 0.5) is 0 Å². The number of hydrogen-bond acceptors (Lipinski definition) is 4. The van der Waals surface area contributed by atoms with Gasteiger partial charge >= 0.3 is 0 Å². The summed E-state index contributed by atoms with van der Waals surface area (Å²) >= 11 is 0. The largest absolute Gasteiger partial charge is 0.389 e. The third-order valence-electron chi connectivity index (χ3n) is 2.84. The first-order valence-electron chi connectivity index (χ1n) is 5.74. The summed E-state index contributed by atoms with van der Waals surface area (Å²) in [6.45, 7) is 10.5. The normalized spacial score (nSPS) is 28.6. The number of hydrogen-bond donors (Lipinski definition) is 3. The van der Waals surface area contributed by atoms with Crippen molar-refractivity contribution in [2.75, 3.05) is 32.7 Å². The van der Waals surface area contributed by atoms with Gasteiger partial charge in [-0.3, -0.25) is 4.90 Å². The Balaban J connectivity index is 2.34. The molecule has 2 atom stereocenters. The van der Waals surface area contributed by atoms with Crippen molar-refractivity contribution < 1.29 is 10.2 Å². The molecule has 0 aromatic heterocycles. The van der Waals surface area contributed by atoms with E-state index in [-0.39, 0.29) is 5.41 Å². The van der Waals surface area contributed by atoms with Crippen LogP contribution in [0.1, 0.15) is 20.8 Å². The summed E-state index contributed by atoms with van der Waals surface area (Å²) in [5, 5.41) is 22.2. The minimum atomic E-state index is -0.570. The van der Waals surface area contributed by atoms with Gasteiger partial charge in [0.1, 0.15) is 0 Å². The second-order valence-corrected chi connectivity index (χ2v) is 5.27. The molecule has 1 fully saturated rings. The highest BCUT2D eigenvalue weighted by atomic mass is 16.3. The minimum absolute atomic E-state index is 0.180. The van der Waals surface area contributed by atoms with E-state index in [9.17, 15) is 10.2 Å². The summed E-state index contributed by atoms with van der Waals surface area (Å²) in [6.07, 6.45) is -1.14. The lowest BCUT2D eigenvalue weighted by atomic mass is 9.93. The molecule has 0 saturated carbocycles. The molecule has 0 bridgehead atoms. The average molecular weight is 216 g/mol. The fourth-order valence-corrected chi connectivity index (χ4v) is 2.10. The van der Waals surface area contributed by atoms with Gasteiger partial charge in [-0.1, -0.05) is 20.8 Å². The molecule has 0 aromatic rings. The molecule has 1 heterocycles. The van der Waals surface area contributed by atoms with Gasteiger partial charge in [0.05, 0.1) is 12.2 Å². The molecule has 3 N–H and O–H groups in total. The molecule has 0 spiro atoms. The Bertz CT molecular complexity index is 187. The number of likely N-dealkylation sites (tertiary alicyclic amines) is 1. The Kier molecular flexibility index (Phi) is 4.52. The molecule has 90 valence electrons. The van der Waals surface area contributed by atoms with Crippen LogP contribution in [-0.2, 0) is 0 Å². The molecule has 1 aliphatic rings. The van der Waals surface area contributed by atoms with Crippen molar-refractivity contribution in [2.45, 2.75) is 33.0 Å². The van der Waals surface area contributed by atoms with E-state index in [0.717, 1.165) is 19.6 Å². The smallest absolute Gasteiger partial charge is 0.0938 e. The van der Waals surface area contributed by atoms with E-state index >= 15 is 0 Å². The van der Waals surface area contributed by atoms with Gasteiger partial charge in [0.2, 0.25) is 0 Å². The molecule has 0 radical (unpaired) electrons. The van der Waals surface area contributed by atoms with Gasteiger partial charge in [0, 0.05) is 26.2 Å². The van der Waals surface area contributed by atoms with Crippen LogP contribution in [-0.4, -0.2) is 60.0 Å². The topological polar surface area (TPSA) is 55.7 Å². The predicted octanol–water partition coefficient (Wildman–Crippen LogP) is -0.340. The van der Waals surface area contributed by atoms with Crippen LogP contribution in [0.5, 0.6) is 0 Å². The first-order valence-corrected chi connectivity index (χ1v) is 5.74. The Morgan fingerprint density at radius 3 is 2.27 bits per heavy atom. The van der Waals surface area contributed by atoms with Crippen LogP contribution in [0, 0.1) is 5.41 Å². The molecule has 1 rings (SSSR count). The molecular weight excluding hydrogens is 192 g/mol. The maximum Gasteiger partial charge on any atom is 0.0938 e. The maximum atomic E-state index is 9.43. The van der Waals surface area contributed by atoms with Crippen molar-refractivity contribution in [3.63, 3.8) is 0 Å². The monoisotopic (exact) mass is 216 g/mol. The fourth-order valence-electron chi connectivity index (χ4n) is 2.10. The van der Waals surface area contributed by atoms with E-state index in [4.69, 9.17) is 0 Å². The first kappa shape index (κ1) is 12.9. The predicted molar refractivity (Wildman–Crippen MR) is 60.8 cm³/mol. The SMILES string of the molecule is CCNCC(C)(C)CN1CC(O)C(O)C1. The molecule has 2 unspecified atom stereocenters. The second-order valence-electron chi connectivity index (χ2n) is 5.27. The lowest BCUT2D eigenvalue weighted by molar-refractivity contribution is 0.0572. The molecule has 4 heteroatoms. The van der Waals surface area contributed by atoms with Crippen molar-refractivity contribution in [3.05, 3.63) is 0 Å². The summed E-state index contributed by atoms with van der Waals surface area (Å²) in [5.74, 6) is 0. The van der Waals surface area contributed by atoms with Crippen molar-refractivity contribution in [1.82, 2.24) is 10.2 Å². The summed E-state index contributed by atoms with van der Waals surface area (Å²) in [6, 6.07) is 0. The zero-order chi connectivity index (χ0) is 11.5. The van der Waals surface area contributed by atoms with Crippen LogP contribution in [0.25, 0.3) is 0 Å². The standard InChI is InChI=1S/C11H24N2O2/c1-4-12-7-11(2,3)8-13-5-9(14)10(15)6-13/h9-10,12,14-15H,4-8H2,1-3H3. The molecule has 0 amide bonds. The molecule has 4 nitrogen and oxygen atoms in total. The first-order chi connectivity index (χ1) is 6.94. The zero-order valence-corrected chi connectivity index (χ0v) is 10.0. The van der Waals surface area contributed by atoms with Crippen LogP contribution in [0.15, 0.2) is 0 Å². The van der Waals surface area contributed by atoms with E-state index in [1.807, 2.05) is 0 Å². The highest BCUT2D eigenvalue weighted by Crippen LogP contribution is 2.19. The van der Waals surface area contributed by atoms with E-state index in [1.165, 1.54) is 0 Å². The fraction of sp³-hybridized carbons (Fsp3) is 1.00. The molecular formula is C11H24N2O2. The molecule has 15 heavy (non-hydrogen) atoms. The number of aliphatic hydroxyl groups is 2. The van der Waals surface area contributed by atoms with Gasteiger partial charge in [0.25, 0.3) is 0 Å². The minimum Gasteiger partial charge on any atom is -0.389 e.